The van der Waals surface area contributed by atoms with Crippen LogP contribution in [0.3, 0.4) is 0 Å². The summed E-state index contributed by atoms with van der Waals surface area (Å²) in [6.07, 6.45) is 1.64. The van der Waals surface area contributed by atoms with Gasteiger partial charge in [-0.3, -0.25) is 0 Å². The van der Waals surface area contributed by atoms with E-state index in [1.165, 1.54) is 0 Å². The van der Waals surface area contributed by atoms with Gasteiger partial charge in [0.1, 0.15) is 19.0 Å². The van der Waals surface area contributed by atoms with E-state index in [-0.39, 0.29) is 30.1 Å². The average molecular weight is 288 g/mol. The third-order valence-electron chi connectivity index (χ3n) is 3.90. The van der Waals surface area contributed by atoms with Crippen LogP contribution in [-0.4, -0.2) is 47.1 Å². The SMILES string of the molecule is C=C[C@@H](O[Si](C)(C)C(C)(C)C)[C@H](OCOC)[C@H]1CO1. The second-order valence-corrected chi connectivity index (χ2v) is 11.2. The predicted octanol–water partition coefficient (Wildman–Crippen LogP) is 2.95. The van der Waals surface area contributed by atoms with E-state index in [1.54, 1.807) is 7.11 Å². The average Bonchev–Trinajstić information content (AvgIpc) is 3.10. The maximum atomic E-state index is 6.37. The minimum Gasteiger partial charge on any atom is -0.408 e. The third kappa shape index (κ3) is 4.68. The molecule has 0 spiro atoms. The van der Waals surface area contributed by atoms with Gasteiger partial charge in [-0.2, -0.15) is 0 Å². The molecule has 3 atom stereocenters. The zero-order chi connectivity index (χ0) is 14.7. The number of epoxide rings is 1. The van der Waals surface area contributed by atoms with Crippen LogP contribution in [0.2, 0.25) is 18.1 Å². The summed E-state index contributed by atoms with van der Waals surface area (Å²) in [7, 11) is -0.243. The van der Waals surface area contributed by atoms with Crippen molar-refractivity contribution in [2.24, 2.45) is 0 Å². The van der Waals surface area contributed by atoms with Crippen LogP contribution in [0.1, 0.15) is 20.8 Å². The number of rotatable bonds is 8. The molecule has 1 heterocycles. The predicted molar refractivity (Wildman–Crippen MR) is 78.8 cm³/mol. The Morgan fingerprint density at radius 2 is 2.00 bits per heavy atom. The highest BCUT2D eigenvalue weighted by Crippen LogP contribution is 2.38. The van der Waals surface area contributed by atoms with Crippen LogP contribution in [0, 0.1) is 0 Å². The zero-order valence-electron chi connectivity index (χ0n) is 13.1. The van der Waals surface area contributed by atoms with Crippen LogP contribution in [-0.2, 0) is 18.6 Å². The first-order chi connectivity index (χ1) is 8.73. The van der Waals surface area contributed by atoms with Crippen LogP contribution in [0.25, 0.3) is 0 Å². The fourth-order valence-electron chi connectivity index (χ4n) is 1.57. The van der Waals surface area contributed by atoms with Crippen molar-refractivity contribution in [3.8, 4) is 0 Å². The van der Waals surface area contributed by atoms with Gasteiger partial charge in [0.25, 0.3) is 0 Å². The van der Waals surface area contributed by atoms with Crippen molar-refractivity contribution in [2.45, 2.75) is 57.2 Å². The lowest BCUT2D eigenvalue weighted by molar-refractivity contribution is -0.107. The van der Waals surface area contributed by atoms with Gasteiger partial charge in [-0.15, -0.1) is 6.58 Å². The highest BCUT2D eigenvalue weighted by molar-refractivity contribution is 6.74. The van der Waals surface area contributed by atoms with Gasteiger partial charge < -0.3 is 18.6 Å². The fourth-order valence-corrected chi connectivity index (χ4v) is 2.84. The Bertz CT molecular complexity index is 294. The van der Waals surface area contributed by atoms with Crippen molar-refractivity contribution in [1.29, 1.82) is 0 Å². The Labute approximate surface area is 118 Å². The van der Waals surface area contributed by atoms with Gasteiger partial charge in [0.05, 0.1) is 12.7 Å². The summed E-state index contributed by atoms with van der Waals surface area (Å²) in [5, 5.41) is 0.157. The topological polar surface area (TPSA) is 40.2 Å². The monoisotopic (exact) mass is 288 g/mol. The van der Waals surface area contributed by atoms with E-state index in [9.17, 15) is 0 Å². The van der Waals surface area contributed by atoms with E-state index in [0.29, 0.717) is 0 Å². The summed E-state index contributed by atoms with van der Waals surface area (Å²) >= 11 is 0. The molecule has 1 aliphatic rings. The van der Waals surface area contributed by atoms with Crippen molar-refractivity contribution < 1.29 is 18.6 Å². The van der Waals surface area contributed by atoms with E-state index in [1.807, 2.05) is 6.08 Å². The molecule has 1 aliphatic heterocycles. The Morgan fingerprint density at radius 1 is 1.42 bits per heavy atom. The molecule has 0 saturated carbocycles. The van der Waals surface area contributed by atoms with E-state index in [0.717, 1.165) is 6.61 Å². The lowest BCUT2D eigenvalue weighted by Gasteiger charge is -2.40. The van der Waals surface area contributed by atoms with Gasteiger partial charge in [0.2, 0.25) is 0 Å². The first-order valence-corrected chi connectivity index (χ1v) is 9.66. The standard InChI is InChI=1S/C14H28O4Si/c1-8-11(18-19(6,7)14(2,3)4)13(12-9-16-12)17-10-15-5/h8,11-13H,1,9-10H2,2-7H3/t11-,12-,13+/m1/s1. The Kier molecular flexibility index (Phi) is 5.76. The molecule has 1 fully saturated rings. The highest BCUT2D eigenvalue weighted by atomic mass is 28.4. The van der Waals surface area contributed by atoms with E-state index < -0.39 is 8.32 Å². The fraction of sp³-hybridized carbons (Fsp3) is 0.857. The van der Waals surface area contributed by atoms with Crippen LogP contribution in [0.4, 0.5) is 0 Å². The maximum absolute atomic E-state index is 6.37. The second kappa shape index (κ2) is 6.50. The smallest absolute Gasteiger partial charge is 0.193 e. The molecule has 19 heavy (non-hydrogen) atoms. The van der Waals surface area contributed by atoms with Gasteiger partial charge in [0, 0.05) is 7.11 Å². The molecule has 0 bridgehead atoms. The first-order valence-electron chi connectivity index (χ1n) is 6.75. The van der Waals surface area contributed by atoms with E-state index >= 15 is 0 Å². The van der Waals surface area contributed by atoms with Crippen molar-refractivity contribution in [1.82, 2.24) is 0 Å². The molecular weight excluding hydrogens is 260 g/mol. The molecule has 0 N–H and O–H groups in total. The molecule has 0 radical (unpaired) electrons. The summed E-state index contributed by atoms with van der Waals surface area (Å²) in [6, 6.07) is 0. The molecule has 0 unspecified atom stereocenters. The molecule has 1 saturated heterocycles. The minimum absolute atomic E-state index is 0.0999. The summed E-state index contributed by atoms with van der Waals surface area (Å²) in [5.74, 6) is 0. The van der Waals surface area contributed by atoms with Crippen LogP contribution in [0.5, 0.6) is 0 Å². The molecular formula is C14H28O4Si. The van der Waals surface area contributed by atoms with Crippen LogP contribution >= 0.6 is 0 Å². The quantitative estimate of drug-likeness (QED) is 0.298. The van der Waals surface area contributed by atoms with E-state index in [2.05, 4.69) is 40.4 Å². The molecule has 0 aliphatic carbocycles. The van der Waals surface area contributed by atoms with Gasteiger partial charge in [-0.25, -0.2) is 0 Å². The molecule has 5 heteroatoms. The lowest BCUT2D eigenvalue weighted by atomic mass is 10.1. The van der Waals surface area contributed by atoms with E-state index in [4.69, 9.17) is 18.6 Å². The maximum Gasteiger partial charge on any atom is 0.193 e. The molecule has 0 aromatic carbocycles. The largest absolute Gasteiger partial charge is 0.408 e. The normalized spacial score (nSPS) is 22.9. The Morgan fingerprint density at radius 3 is 2.37 bits per heavy atom. The van der Waals surface area contributed by atoms with Crippen molar-refractivity contribution >= 4 is 8.32 Å². The summed E-state index contributed by atoms with van der Waals surface area (Å²) in [4.78, 5) is 0. The molecule has 0 aromatic rings. The highest BCUT2D eigenvalue weighted by Gasteiger charge is 2.44. The number of hydrogen-bond acceptors (Lipinski definition) is 4. The number of methoxy groups -OCH3 is 1. The zero-order valence-corrected chi connectivity index (χ0v) is 14.1. The Balaban J connectivity index is 2.71. The first kappa shape index (κ1) is 16.9. The minimum atomic E-state index is -1.86. The molecule has 0 amide bonds. The molecule has 112 valence electrons. The number of ether oxygens (including phenoxy) is 3. The summed E-state index contributed by atoms with van der Waals surface area (Å²) in [6.45, 7) is 16.0. The van der Waals surface area contributed by atoms with Gasteiger partial charge in [-0.05, 0) is 18.1 Å². The van der Waals surface area contributed by atoms with Crippen LogP contribution in [0.15, 0.2) is 12.7 Å². The number of hydrogen-bond donors (Lipinski definition) is 0. The van der Waals surface area contributed by atoms with Crippen molar-refractivity contribution in [3.63, 3.8) is 0 Å². The Hall–Kier alpha value is -0.203. The van der Waals surface area contributed by atoms with Gasteiger partial charge >= 0.3 is 0 Å². The van der Waals surface area contributed by atoms with Crippen molar-refractivity contribution in [3.05, 3.63) is 12.7 Å². The third-order valence-corrected chi connectivity index (χ3v) is 8.37. The van der Waals surface area contributed by atoms with Crippen molar-refractivity contribution in [2.75, 3.05) is 20.5 Å². The second-order valence-electron chi connectivity index (χ2n) is 6.49. The molecule has 4 nitrogen and oxygen atoms in total. The molecule has 1 rings (SSSR count). The molecule has 0 aromatic heterocycles. The van der Waals surface area contributed by atoms with Gasteiger partial charge in [-0.1, -0.05) is 26.8 Å². The summed E-state index contributed by atoms with van der Waals surface area (Å²) < 4.78 is 22.4. The lowest BCUT2D eigenvalue weighted by Crippen LogP contribution is -2.48. The van der Waals surface area contributed by atoms with Gasteiger partial charge in [0.15, 0.2) is 8.32 Å². The summed E-state index contributed by atoms with van der Waals surface area (Å²) in [5.41, 5.74) is 0. The van der Waals surface area contributed by atoms with Crippen LogP contribution < -0.4 is 0 Å².